The van der Waals surface area contributed by atoms with Gasteiger partial charge in [0.25, 0.3) is 15.7 Å². The third-order valence-electron chi connectivity index (χ3n) is 4.48. The number of hydrogen-bond acceptors (Lipinski definition) is 7. The Morgan fingerprint density at radius 1 is 1.00 bits per heavy atom. The highest BCUT2D eigenvalue weighted by atomic mass is 32.2. The van der Waals surface area contributed by atoms with E-state index in [-0.39, 0.29) is 26.9 Å². The van der Waals surface area contributed by atoms with E-state index in [1.165, 1.54) is 29.6 Å². The van der Waals surface area contributed by atoms with Crippen LogP contribution in [0.5, 0.6) is 5.75 Å². The number of nitrogens with zero attached hydrogens (tertiary/aromatic N) is 2. The van der Waals surface area contributed by atoms with E-state index in [4.69, 9.17) is 4.74 Å². The van der Waals surface area contributed by atoms with E-state index in [0.717, 1.165) is 37.1 Å². The zero-order valence-corrected chi connectivity index (χ0v) is 17.1. The molecular formula is C17H19N3O7S2. The standard InChI is InChI=1S/C17H19N3O7S2/c1-27-17-9-8-15(29(25,26)19-10-2-3-11-19)12-16(17)18-28(23,24)14-6-4-13(5-7-14)20(21)22/h4-9,12,18H,2-3,10-11H2,1H3. The Balaban J connectivity index is 1.95. The summed E-state index contributed by atoms with van der Waals surface area (Å²) in [6, 6.07) is 8.26. The molecule has 12 heteroatoms. The molecule has 0 spiro atoms. The van der Waals surface area contributed by atoms with Gasteiger partial charge in [0.15, 0.2) is 0 Å². The second-order valence-electron chi connectivity index (χ2n) is 6.33. The zero-order valence-electron chi connectivity index (χ0n) is 15.4. The molecule has 0 bridgehead atoms. The maximum absolute atomic E-state index is 12.8. The maximum atomic E-state index is 12.8. The first-order chi connectivity index (χ1) is 13.6. The zero-order chi connectivity index (χ0) is 21.2. The highest BCUT2D eigenvalue weighted by Gasteiger charge is 2.28. The van der Waals surface area contributed by atoms with Crippen LogP contribution in [0.25, 0.3) is 0 Å². The van der Waals surface area contributed by atoms with E-state index in [2.05, 4.69) is 4.72 Å². The van der Waals surface area contributed by atoms with Crippen molar-refractivity contribution < 1.29 is 26.5 Å². The van der Waals surface area contributed by atoms with Crippen LogP contribution >= 0.6 is 0 Å². The summed E-state index contributed by atoms with van der Waals surface area (Å²) in [5, 5.41) is 10.7. The van der Waals surface area contributed by atoms with Gasteiger partial charge in [-0.1, -0.05) is 0 Å². The summed E-state index contributed by atoms with van der Waals surface area (Å²) < 4.78 is 59.7. The summed E-state index contributed by atoms with van der Waals surface area (Å²) in [4.78, 5) is 9.84. The number of hydrogen-bond donors (Lipinski definition) is 1. The van der Waals surface area contributed by atoms with Crippen molar-refractivity contribution in [2.75, 3.05) is 24.9 Å². The van der Waals surface area contributed by atoms with Crippen LogP contribution in [-0.4, -0.2) is 46.3 Å². The molecule has 1 saturated heterocycles. The number of nitro benzene ring substituents is 1. The van der Waals surface area contributed by atoms with Crippen LogP contribution < -0.4 is 9.46 Å². The van der Waals surface area contributed by atoms with Crippen LogP contribution in [0.1, 0.15) is 12.8 Å². The fraction of sp³-hybridized carbons (Fsp3) is 0.294. The number of rotatable bonds is 7. The van der Waals surface area contributed by atoms with Crippen molar-refractivity contribution in [3.05, 3.63) is 52.6 Å². The molecule has 0 aliphatic carbocycles. The number of methoxy groups -OCH3 is 1. The lowest BCUT2D eigenvalue weighted by molar-refractivity contribution is -0.384. The largest absolute Gasteiger partial charge is 0.495 e. The molecule has 156 valence electrons. The molecule has 1 aliphatic rings. The molecule has 1 fully saturated rings. The molecule has 3 rings (SSSR count). The third kappa shape index (κ3) is 4.33. The second-order valence-corrected chi connectivity index (χ2v) is 9.95. The van der Waals surface area contributed by atoms with Crippen molar-refractivity contribution in [3.8, 4) is 5.75 Å². The highest BCUT2D eigenvalue weighted by Crippen LogP contribution is 2.32. The maximum Gasteiger partial charge on any atom is 0.269 e. The van der Waals surface area contributed by atoms with Gasteiger partial charge in [-0.2, -0.15) is 4.31 Å². The Labute approximate surface area is 168 Å². The van der Waals surface area contributed by atoms with Gasteiger partial charge < -0.3 is 4.74 Å². The molecule has 1 aliphatic heterocycles. The Morgan fingerprint density at radius 2 is 1.59 bits per heavy atom. The van der Waals surface area contributed by atoms with Crippen LogP contribution in [0, 0.1) is 10.1 Å². The molecule has 1 heterocycles. The van der Waals surface area contributed by atoms with E-state index in [9.17, 15) is 26.9 Å². The third-order valence-corrected chi connectivity index (χ3v) is 7.75. The summed E-state index contributed by atoms with van der Waals surface area (Å²) in [6.45, 7) is 0.830. The Morgan fingerprint density at radius 3 is 2.14 bits per heavy atom. The van der Waals surface area contributed by atoms with Crippen LogP contribution in [0.3, 0.4) is 0 Å². The second kappa shape index (κ2) is 7.97. The number of anilines is 1. The molecule has 29 heavy (non-hydrogen) atoms. The summed E-state index contributed by atoms with van der Waals surface area (Å²) in [5.74, 6) is 0.135. The lowest BCUT2D eigenvalue weighted by Gasteiger charge is -2.18. The normalized spacial score (nSPS) is 15.2. The van der Waals surface area contributed by atoms with Gasteiger partial charge in [-0.05, 0) is 43.2 Å². The van der Waals surface area contributed by atoms with E-state index in [0.29, 0.717) is 13.1 Å². The summed E-state index contributed by atoms with van der Waals surface area (Å²) in [7, 11) is -6.56. The molecule has 0 saturated carbocycles. The molecule has 0 aromatic heterocycles. The van der Waals surface area contributed by atoms with E-state index >= 15 is 0 Å². The van der Waals surface area contributed by atoms with Crippen molar-refractivity contribution in [2.24, 2.45) is 0 Å². The predicted octanol–water partition coefficient (Wildman–Crippen LogP) is 2.19. The fourth-order valence-corrected chi connectivity index (χ4v) is 5.56. The van der Waals surface area contributed by atoms with Crippen LogP contribution in [-0.2, 0) is 20.0 Å². The minimum Gasteiger partial charge on any atom is -0.495 e. The van der Waals surface area contributed by atoms with Crippen molar-refractivity contribution in [1.29, 1.82) is 0 Å². The van der Waals surface area contributed by atoms with Crippen molar-refractivity contribution in [2.45, 2.75) is 22.6 Å². The molecular weight excluding hydrogens is 422 g/mol. The molecule has 0 amide bonds. The SMILES string of the molecule is COc1ccc(S(=O)(=O)N2CCCC2)cc1NS(=O)(=O)c1ccc([N+](=O)[O-])cc1. The molecule has 1 N–H and O–H groups in total. The topological polar surface area (TPSA) is 136 Å². The van der Waals surface area contributed by atoms with Gasteiger partial charge in [0.05, 0.1) is 27.5 Å². The first-order valence-corrected chi connectivity index (χ1v) is 11.5. The van der Waals surface area contributed by atoms with Gasteiger partial charge in [0.2, 0.25) is 10.0 Å². The van der Waals surface area contributed by atoms with E-state index in [1.54, 1.807) is 0 Å². The highest BCUT2D eigenvalue weighted by molar-refractivity contribution is 7.92. The fourth-order valence-electron chi connectivity index (χ4n) is 2.96. The number of benzene rings is 2. The quantitative estimate of drug-likeness (QED) is 0.514. The molecule has 10 nitrogen and oxygen atoms in total. The average Bonchev–Trinajstić information content (AvgIpc) is 3.23. The Kier molecular flexibility index (Phi) is 5.78. The van der Waals surface area contributed by atoms with E-state index in [1.807, 2.05) is 0 Å². The predicted molar refractivity (Wildman–Crippen MR) is 105 cm³/mol. The smallest absolute Gasteiger partial charge is 0.269 e. The van der Waals surface area contributed by atoms with Crippen LogP contribution in [0.4, 0.5) is 11.4 Å². The number of ether oxygens (including phenoxy) is 1. The lowest BCUT2D eigenvalue weighted by Crippen LogP contribution is -2.28. The van der Waals surface area contributed by atoms with Gasteiger partial charge in [-0.3, -0.25) is 14.8 Å². The minimum atomic E-state index is -4.13. The number of non-ortho nitro benzene ring substituents is 1. The molecule has 2 aromatic rings. The van der Waals surface area contributed by atoms with Crippen LogP contribution in [0.15, 0.2) is 52.3 Å². The van der Waals surface area contributed by atoms with Gasteiger partial charge in [-0.25, -0.2) is 16.8 Å². The number of sulfonamides is 2. The van der Waals surface area contributed by atoms with Gasteiger partial charge in [0.1, 0.15) is 5.75 Å². The van der Waals surface area contributed by atoms with Gasteiger partial charge in [0, 0.05) is 25.2 Å². The van der Waals surface area contributed by atoms with Gasteiger partial charge >= 0.3 is 0 Å². The molecule has 0 atom stereocenters. The Bertz CT molecular complexity index is 1120. The van der Waals surface area contributed by atoms with E-state index < -0.39 is 25.0 Å². The molecule has 0 unspecified atom stereocenters. The van der Waals surface area contributed by atoms with Gasteiger partial charge in [-0.15, -0.1) is 0 Å². The lowest BCUT2D eigenvalue weighted by atomic mass is 10.3. The first-order valence-electron chi connectivity index (χ1n) is 8.60. The summed E-state index contributed by atoms with van der Waals surface area (Å²) >= 11 is 0. The number of nitrogens with one attached hydrogen (secondary N) is 1. The van der Waals surface area contributed by atoms with Crippen molar-refractivity contribution >= 4 is 31.4 Å². The van der Waals surface area contributed by atoms with Crippen LogP contribution in [0.2, 0.25) is 0 Å². The summed E-state index contributed by atoms with van der Waals surface area (Å²) in [6.07, 6.45) is 1.55. The molecule has 2 aromatic carbocycles. The van der Waals surface area contributed by atoms with Crippen molar-refractivity contribution in [1.82, 2.24) is 4.31 Å². The van der Waals surface area contributed by atoms with Crippen molar-refractivity contribution in [3.63, 3.8) is 0 Å². The Hall–Kier alpha value is -2.70. The molecule has 0 radical (unpaired) electrons. The first kappa shape index (κ1) is 21.0. The number of nitro groups is 1. The monoisotopic (exact) mass is 441 g/mol. The average molecular weight is 441 g/mol. The summed E-state index contributed by atoms with van der Waals surface area (Å²) in [5.41, 5.74) is -0.300. The minimum absolute atomic E-state index is 0.0499.